The minimum absolute atomic E-state index is 0.0840. The number of nitrogens with zero attached hydrogens (tertiary/aromatic N) is 7. The van der Waals surface area contributed by atoms with Crippen molar-refractivity contribution in [3.63, 3.8) is 0 Å². The number of unbranched alkanes of at least 4 members (excludes halogenated alkanes) is 1. The predicted octanol–water partition coefficient (Wildman–Crippen LogP) is 6.50. The number of aromatic amines is 1. The fourth-order valence-corrected chi connectivity index (χ4v) is 6.45. The van der Waals surface area contributed by atoms with E-state index >= 15 is 0 Å². The molecule has 3 rings (SSSR count). The molecule has 0 unspecified atom stereocenters. The van der Waals surface area contributed by atoms with Crippen LogP contribution in [0.25, 0.3) is 0 Å². The maximum absolute atomic E-state index is 12.8. The number of aryl methyl sites for hydroxylation is 1. The Morgan fingerprint density at radius 2 is 1.24 bits per heavy atom. The minimum atomic E-state index is -0.0840. The molecule has 1 N–H and O–H groups in total. The summed E-state index contributed by atoms with van der Waals surface area (Å²) in [7, 11) is 2.04. The van der Waals surface area contributed by atoms with Crippen molar-refractivity contribution in [2.75, 3.05) is 59.0 Å². The molecule has 274 valence electrons. The Bertz CT molecular complexity index is 1230. The van der Waals surface area contributed by atoms with Gasteiger partial charge < -0.3 is 24.1 Å². The normalized spacial score (nSPS) is 11.9. The van der Waals surface area contributed by atoms with E-state index in [0.717, 1.165) is 96.2 Å². The van der Waals surface area contributed by atoms with Gasteiger partial charge in [-0.1, -0.05) is 52.0 Å². The van der Waals surface area contributed by atoms with Crippen molar-refractivity contribution in [2.45, 2.75) is 105 Å². The third-order valence-electron chi connectivity index (χ3n) is 8.92. The van der Waals surface area contributed by atoms with Gasteiger partial charge in [0, 0.05) is 58.0 Å². The van der Waals surface area contributed by atoms with Gasteiger partial charge in [-0.2, -0.15) is 0 Å². The summed E-state index contributed by atoms with van der Waals surface area (Å²) in [5.41, 5.74) is 2.52. The molecule has 49 heavy (non-hydrogen) atoms. The van der Waals surface area contributed by atoms with E-state index in [1.54, 1.807) is 6.20 Å². The molecule has 2 heterocycles. The number of hydrogen-bond donors (Lipinski definition) is 1. The second-order valence-corrected chi connectivity index (χ2v) is 13.4. The fourth-order valence-electron chi connectivity index (χ4n) is 6.45. The SMILES string of the molecule is CCCN(CCC)CCCCN(CCC(=O)OCCCN(CCC)CCC)Cc1ccc(CN(Cc2ncc[nH]2)Cc2nccn2C)cc1. The van der Waals surface area contributed by atoms with E-state index in [4.69, 9.17) is 4.74 Å². The average molecular weight is 679 g/mol. The number of H-pyrrole nitrogens is 1. The van der Waals surface area contributed by atoms with Crippen molar-refractivity contribution in [2.24, 2.45) is 7.05 Å². The molecule has 10 nitrogen and oxygen atoms in total. The van der Waals surface area contributed by atoms with Crippen LogP contribution in [0.1, 0.15) is 102 Å². The quantitative estimate of drug-likeness (QED) is 0.0689. The smallest absolute Gasteiger partial charge is 0.307 e. The number of esters is 1. The first kappa shape index (κ1) is 40.4. The van der Waals surface area contributed by atoms with Crippen LogP contribution >= 0.6 is 0 Å². The molecule has 0 atom stereocenters. The van der Waals surface area contributed by atoms with Gasteiger partial charge in [0.05, 0.1) is 26.1 Å². The Labute approximate surface area is 297 Å². The highest BCUT2D eigenvalue weighted by Gasteiger charge is 2.14. The molecule has 0 amide bonds. The zero-order valence-corrected chi connectivity index (χ0v) is 31.4. The third kappa shape index (κ3) is 16.5. The Balaban J connectivity index is 1.56. The van der Waals surface area contributed by atoms with Gasteiger partial charge in [0.2, 0.25) is 0 Å². The molecule has 0 radical (unpaired) electrons. The lowest BCUT2D eigenvalue weighted by molar-refractivity contribution is -0.144. The summed E-state index contributed by atoms with van der Waals surface area (Å²) in [5.74, 6) is 1.89. The molecule has 10 heteroatoms. The van der Waals surface area contributed by atoms with Crippen molar-refractivity contribution >= 4 is 5.97 Å². The highest BCUT2D eigenvalue weighted by Crippen LogP contribution is 2.15. The van der Waals surface area contributed by atoms with Crippen molar-refractivity contribution in [3.05, 3.63) is 71.8 Å². The van der Waals surface area contributed by atoms with E-state index in [1.165, 1.54) is 43.5 Å². The first-order chi connectivity index (χ1) is 23.9. The number of rotatable bonds is 28. The van der Waals surface area contributed by atoms with Crippen LogP contribution in [0.5, 0.6) is 0 Å². The van der Waals surface area contributed by atoms with Crippen LogP contribution in [-0.4, -0.2) is 104 Å². The van der Waals surface area contributed by atoms with E-state index in [0.29, 0.717) is 19.6 Å². The molecule has 0 bridgehead atoms. The summed E-state index contributed by atoms with van der Waals surface area (Å²) in [6.45, 7) is 20.9. The first-order valence-corrected chi connectivity index (χ1v) is 19.0. The van der Waals surface area contributed by atoms with Gasteiger partial charge in [0.1, 0.15) is 11.6 Å². The Morgan fingerprint density at radius 3 is 1.78 bits per heavy atom. The predicted molar refractivity (Wildman–Crippen MR) is 200 cm³/mol. The van der Waals surface area contributed by atoms with Gasteiger partial charge in [0.15, 0.2) is 0 Å². The summed E-state index contributed by atoms with van der Waals surface area (Å²) >= 11 is 0. The summed E-state index contributed by atoms with van der Waals surface area (Å²) in [5, 5.41) is 0. The van der Waals surface area contributed by atoms with Crippen LogP contribution in [-0.2, 0) is 42.8 Å². The van der Waals surface area contributed by atoms with Gasteiger partial charge in [-0.25, -0.2) is 9.97 Å². The van der Waals surface area contributed by atoms with Crippen molar-refractivity contribution in [1.29, 1.82) is 0 Å². The topological polar surface area (TPSA) is 85.8 Å². The lowest BCUT2D eigenvalue weighted by atomic mass is 10.1. The summed E-state index contributed by atoms with van der Waals surface area (Å²) in [4.78, 5) is 34.9. The summed E-state index contributed by atoms with van der Waals surface area (Å²) in [6.07, 6.45) is 15.8. The second kappa shape index (κ2) is 24.2. The molecule has 2 aromatic heterocycles. The number of carbonyl (C=O) groups excluding carboxylic acids is 1. The highest BCUT2D eigenvalue weighted by molar-refractivity contribution is 5.69. The van der Waals surface area contributed by atoms with E-state index in [-0.39, 0.29) is 5.97 Å². The minimum Gasteiger partial charge on any atom is -0.466 e. The monoisotopic (exact) mass is 679 g/mol. The van der Waals surface area contributed by atoms with Gasteiger partial charge in [-0.05, 0) is 95.3 Å². The van der Waals surface area contributed by atoms with E-state index in [2.05, 4.69) is 91.1 Å². The van der Waals surface area contributed by atoms with E-state index in [9.17, 15) is 4.79 Å². The molecular weight excluding hydrogens is 612 g/mol. The largest absolute Gasteiger partial charge is 0.466 e. The molecule has 1 aromatic carbocycles. The number of ether oxygens (including phenoxy) is 1. The van der Waals surface area contributed by atoms with Crippen LogP contribution in [0.2, 0.25) is 0 Å². The molecule has 0 fully saturated rings. The average Bonchev–Trinajstić information content (AvgIpc) is 3.76. The second-order valence-electron chi connectivity index (χ2n) is 13.4. The summed E-state index contributed by atoms with van der Waals surface area (Å²) < 4.78 is 7.75. The Kier molecular flexibility index (Phi) is 19.9. The standard InChI is InChI=1S/C39H66N8O2/c1-6-21-44(22-7-2)25-10-11-26-46(28-17-39(48)49-30-12-27-45(23-8-3)24-9-4)31-35-13-15-36(16-14-35)32-47(33-37-40-18-19-41-37)34-38-42-20-29-43(38)5/h13-16,18-20,29H,6-12,17,21-28,30-34H2,1-5H3,(H,40,41). The number of imidazole rings is 2. The zero-order chi connectivity index (χ0) is 35.1. The van der Waals surface area contributed by atoms with Crippen LogP contribution in [0, 0.1) is 0 Å². The lowest BCUT2D eigenvalue weighted by Gasteiger charge is -2.25. The van der Waals surface area contributed by atoms with Gasteiger partial charge in [-0.3, -0.25) is 14.6 Å². The zero-order valence-electron chi connectivity index (χ0n) is 31.4. The Morgan fingerprint density at radius 1 is 0.673 bits per heavy atom. The molecule has 0 spiro atoms. The van der Waals surface area contributed by atoms with E-state index < -0.39 is 0 Å². The van der Waals surface area contributed by atoms with E-state index in [1.807, 2.05) is 25.6 Å². The van der Waals surface area contributed by atoms with Crippen LogP contribution < -0.4 is 0 Å². The van der Waals surface area contributed by atoms with Crippen LogP contribution in [0.15, 0.2) is 49.1 Å². The van der Waals surface area contributed by atoms with Crippen LogP contribution in [0.3, 0.4) is 0 Å². The van der Waals surface area contributed by atoms with Crippen molar-refractivity contribution < 1.29 is 9.53 Å². The van der Waals surface area contributed by atoms with Gasteiger partial charge >= 0.3 is 5.97 Å². The van der Waals surface area contributed by atoms with Gasteiger partial charge in [0.25, 0.3) is 0 Å². The first-order valence-electron chi connectivity index (χ1n) is 19.0. The molecule has 0 aliphatic rings. The molecule has 0 saturated carbocycles. The maximum atomic E-state index is 12.8. The number of benzene rings is 1. The Hall–Kier alpha value is -3.05. The number of aromatic nitrogens is 4. The third-order valence-corrected chi connectivity index (χ3v) is 8.92. The fraction of sp³-hybridized carbons (Fsp3) is 0.667. The van der Waals surface area contributed by atoms with Crippen molar-refractivity contribution in [1.82, 2.24) is 39.1 Å². The molecule has 0 aliphatic heterocycles. The molecular formula is C39H66N8O2. The molecule has 0 saturated heterocycles. The lowest BCUT2D eigenvalue weighted by Crippen LogP contribution is -2.30. The maximum Gasteiger partial charge on any atom is 0.307 e. The number of hydrogen-bond acceptors (Lipinski definition) is 8. The summed E-state index contributed by atoms with van der Waals surface area (Å²) in [6, 6.07) is 8.97. The molecule has 0 aliphatic carbocycles. The van der Waals surface area contributed by atoms with Gasteiger partial charge in [-0.15, -0.1) is 0 Å². The highest BCUT2D eigenvalue weighted by atomic mass is 16.5. The molecule has 3 aromatic rings. The van der Waals surface area contributed by atoms with Crippen molar-refractivity contribution in [3.8, 4) is 0 Å². The number of nitrogens with one attached hydrogen (secondary N) is 1. The number of carbonyl (C=O) groups is 1. The van der Waals surface area contributed by atoms with Crippen LogP contribution in [0.4, 0.5) is 0 Å².